The second kappa shape index (κ2) is 6.92. The summed E-state index contributed by atoms with van der Waals surface area (Å²) in [6.45, 7) is 5.01. The Labute approximate surface area is 148 Å². The summed E-state index contributed by atoms with van der Waals surface area (Å²) in [4.78, 5) is 14.9. The number of ether oxygens (including phenoxy) is 1. The van der Waals surface area contributed by atoms with Crippen LogP contribution in [0.2, 0.25) is 0 Å². The maximum Gasteiger partial charge on any atom is 0.254 e. The van der Waals surface area contributed by atoms with Gasteiger partial charge in [0.25, 0.3) is 5.91 Å². The molecule has 1 fully saturated rings. The first-order valence-corrected chi connectivity index (χ1v) is 8.99. The highest BCUT2D eigenvalue weighted by Crippen LogP contribution is 2.33. The van der Waals surface area contributed by atoms with Crippen LogP contribution in [0.4, 0.5) is 5.69 Å². The summed E-state index contributed by atoms with van der Waals surface area (Å²) in [6.07, 6.45) is 3.65. The van der Waals surface area contributed by atoms with E-state index in [1.54, 1.807) is 12.3 Å². The molecule has 1 aromatic carbocycles. The zero-order chi connectivity index (χ0) is 17.2. The maximum atomic E-state index is 12.6. The molecule has 2 unspecified atom stereocenters. The van der Waals surface area contributed by atoms with Crippen molar-refractivity contribution in [1.29, 1.82) is 0 Å². The summed E-state index contributed by atoms with van der Waals surface area (Å²) in [5.74, 6) is 1.09. The number of hydrogen-bond donors (Lipinski definition) is 1. The number of anilines is 1. The number of nitrogens with zero attached hydrogens (tertiary/aromatic N) is 1. The van der Waals surface area contributed by atoms with E-state index in [4.69, 9.17) is 9.15 Å². The van der Waals surface area contributed by atoms with Crippen molar-refractivity contribution in [2.24, 2.45) is 5.92 Å². The van der Waals surface area contributed by atoms with E-state index in [0.717, 1.165) is 31.8 Å². The molecular formula is C20H24N2O3. The molecular weight excluding hydrogens is 316 g/mol. The number of carbonyl (C=O) groups is 1. The standard InChI is InChI=1S/C20H24N2O3/c1-14-10-16-4-2-3-5-18(16)22(14)12-19-17(7-9-25-19)20(23)21-11-15-6-8-24-13-15/h2-5,7,9,14-15H,6,8,10-13H2,1H3,(H,21,23). The topological polar surface area (TPSA) is 54.7 Å². The lowest BCUT2D eigenvalue weighted by Gasteiger charge is -2.24. The fourth-order valence-electron chi connectivity index (χ4n) is 3.77. The normalized spacial score (nSPS) is 22.2. The van der Waals surface area contributed by atoms with Gasteiger partial charge in [0.05, 0.1) is 25.0 Å². The van der Waals surface area contributed by atoms with Gasteiger partial charge in [-0.25, -0.2) is 0 Å². The molecule has 0 radical (unpaired) electrons. The van der Waals surface area contributed by atoms with Crippen LogP contribution in [0.25, 0.3) is 0 Å². The molecule has 1 amide bonds. The fourth-order valence-corrected chi connectivity index (χ4v) is 3.77. The SMILES string of the molecule is CC1Cc2ccccc2N1Cc1occc1C(=O)NCC1CCOC1. The highest BCUT2D eigenvalue weighted by molar-refractivity contribution is 5.95. The molecule has 2 atom stereocenters. The molecule has 1 saturated heterocycles. The van der Waals surface area contributed by atoms with Crippen molar-refractivity contribution >= 4 is 11.6 Å². The van der Waals surface area contributed by atoms with E-state index in [0.29, 0.717) is 30.6 Å². The highest BCUT2D eigenvalue weighted by Gasteiger charge is 2.28. The Kier molecular flexibility index (Phi) is 4.49. The van der Waals surface area contributed by atoms with Gasteiger partial charge in [0.15, 0.2) is 0 Å². The van der Waals surface area contributed by atoms with E-state index in [1.165, 1.54) is 11.3 Å². The number of para-hydroxylation sites is 1. The van der Waals surface area contributed by atoms with Gasteiger partial charge in [-0.15, -0.1) is 0 Å². The second-order valence-corrected chi connectivity index (χ2v) is 7.01. The summed E-state index contributed by atoms with van der Waals surface area (Å²) in [6, 6.07) is 10.6. The number of furan rings is 1. The van der Waals surface area contributed by atoms with E-state index < -0.39 is 0 Å². The Morgan fingerprint density at radius 2 is 2.20 bits per heavy atom. The van der Waals surface area contributed by atoms with Crippen molar-refractivity contribution in [3.63, 3.8) is 0 Å². The van der Waals surface area contributed by atoms with Crippen molar-refractivity contribution < 1.29 is 13.9 Å². The molecule has 2 aliphatic heterocycles. The third kappa shape index (κ3) is 3.29. The number of amides is 1. The third-order valence-corrected chi connectivity index (χ3v) is 5.23. The van der Waals surface area contributed by atoms with Crippen molar-refractivity contribution in [2.75, 3.05) is 24.7 Å². The van der Waals surface area contributed by atoms with Crippen LogP contribution in [0.15, 0.2) is 41.0 Å². The quantitative estimate of drug-likeness (QED) is 0.909. The predicted molar refractivity (Wildman–Crippen MR) is 95.8 cm³/mol. The predicted octanol–water partition coefficient (Wildman–Crippen LogP) is 3.00. The average molecular weight is 340 g/mol. The fraction of sp³-hybridized carbons (Fsp3) is 0.450. The molecule has 0 spiro atoms. The molecule has 3 heterocycles. The van der Waals surface area contributed by atoms with Gasteiger partial charge < -0.3 is 19.4 Å². The Morgan fingerprint density at radius 3 is 3.04 bits per heavy atom. The number of fused-ring (bicyclic) bond motifs is 1. The molecule has 0 bridgehead atoms. The lowest BCUT2D eigenvalue weighted by Crippen LogP contribution is -2.32. The Balaban J connectivity index is 1.45. The minimum atomic E-state index is -0.0595. The molecule has 1 N–H and O–H groups in total. The van der Waals surface area contributed by atoms with Crippen LogP contribution >= 0.6 is 0 Å². The van der Waals surface area contributed by atoms with Gasteiger partial charge >= 0.3 is 0 Å². The van der Waals surface area contributed by atoms with Crippen LogP contribution in [0.5, 0.6) is 0 Å². The van der Waals surface area contributed by atoms with Crippen molar-refractivity contribution in [3.05, 3.63) is 53.5 Å². The second-order valence-electron chi connectivity index (χ2n) is 7.01. The maximum absolute atomic E-state index is 12.6. The largest absolute Gasteiger partial charge is 0.467 e. The number of rotatable bonds is 5. The Morgan fingerprint density at radius 1 is 1.32 bits per heavy atom. The molecule has 0 aliphatic carbocycles. The molecule has 5 nitrogen and oxygen atoms in total. The van der Waals surface area contributed by atoms with Gasteiger partial charge in [0.2, 0.25) is 0 Å². The van der Waals surface area contributed by atoms with E-state index in [-0.39, 0.29) is 5.91 Å². The Bertz CT molecular complexity index is 749. The Hall–Kier alpha value is -2.27. The minimum absolute atomic E-state index is 0.0595. The molecule has 1 aromatic heterocycles. The van der Waals surface area contributed by atoms with Crippen molar-refractivity contribution in [3.8, 4) is 0 Å². The lowest BCUT2D eigenvalue weighted by molar-refractivity contribution is 0.0943. The van der Waals surface area contributed by atoms with Gasteiger partial charge in [0.1, 0.15) is 5.76 Å². The number of benzene rings is 1. The summed E-state index contributed by atoms with van der Waals surface area (Å²) >= 11 is 0. The summed E-state index contributed by atoms with van der Waals surface area (Å²) in [5, 5.41) is 3.03. The minimum Gasteiger partial charge on any atom is -0.467 e. The van der Waals surface area contributed by atoms with Gasteiger partial charge in [-0.1, -0.05) is 18.2 Å². The van der Waals surface area contributed by atoms with E-state index in [9.17, 15) is 4.79 Å². The number of nitrogens with one attached hydrogen (secondary N) is 1. The molecule has 2 aromatic rings. The van der Waals surface area contributed by atoms with E-state index >= 15 is 0 Å². The zero-order valence-electron chi connectivity index (χ0n) is 14.5. The van der Waals surface area contributed by atoms with Gasteiger partial charge in [-0.05, 0) is 37.5 Å². The van der Waals surface area contributed by atoms with Crippen LogP contribution in [-0.4, -0.2) is 31.7 Å². The first-order chi connectivity index (χ1) is 12.2. The molecule has 5 heteroatoms. The van der Waals surface area contributed by atoms with Gasteiger partial charge in [0, 0.05) is 30.8 Å². The number of carbonyl (C=O) groups excluding carboxylic acids is 1. The smallest absolute Gasteiger partial charge is 0.254 e. The van der Waals surface area contributed by atoms with Gasteiger partial charge in [-0.2, -0.15) is 0 Å². The molecule has 4 rings (SSSR count). The first-order valence-electron chi connectivity index (χ1n) is 8.99. The highest BCUT2D eigenvalue weighted by atomic mass is 16.5. The molecule has 2 aliphatic rings. The van der Waals surface area contributed by atoms with Crippen LogP contribution in [-0.2, 0) is 17.7 Å². The van der Waals surface area contributed by atoms with E-state index in [1.807, 2.05) is 0 Å². The lowest BCUT2D eigenvalue weighted by atomic mass is 10.1. The van der Waals surface area contributed by atoms with E-state index in [2.05, 4.69) is 41.4 Å². The van der Waals surface area contributed by atoms with Crippen molar-refractivity contribution in [1.82, 2.24) is 5.32 Å². The summed E-state index contributed by atoms with van der Waals surface area (Å²) in [7, 11) is 0. The number of hydrogen-bond acceptors (Lipinski definition) is 4. The molecule has 132 valence electrons. The van der Waals surface area contributed by atoms with Crippen molar-refractivity contribution in [2.45, 2.75) is 32.4 Å². The molecule has 25 heavy (non-hydrogen) atoms. The van der Waals surface area contributed by atoms with Crippen LogP contribution in [0.1, 0.15) is 35.0 Å². The summed E-state index contributed by atoms with van der Waals surface area (Å²) in [5.41, 5.74) is 3.23. The van der Waals surface area contributed by atoms with Crippen LogP contribution in [0, 0.1) is 5.92 Å². The summed E-state index contributed by atoms with van der Waals surface area (Å²) < 4.78 is 11.0. The van der Waals surface area contributed by atoms with Crippen LogP contribution in [0.3, 0.4) is 0 Å². The molecule has 0 saturated carbocycles. The zero-order valence-corrected chi connectivity index (χ0v) is 14.5. The van der Waals surface area contributed by atoms with Crippen LogP contribution < -0.4 is 10.2 Å². The van der Waals surface area contributed by atoms with Gasteiger partial charge in [-0.3, -0.25) is 4.79 Å². The average Bonchev–Trinajstić information content (AvgIpc) is 3.34. The third-order valence-electron chi connectivity index (χ3n) is 5.23. The monoisotopic (exact) mass is 340 g/mol. The first kappa shape index (κ1) is 16.2.